The van der Waals surface area contributed by atoms with E-state index in [1.807, 2.05) is 0 Å². The number of carbonyl (C=O) groups is 1. The third kappa shape index (κ3) is 2.48. The standard InChI is InChI=1S/C9H9IO2/c1-6(11)4-7-5-8(12)2-3-9(7)10/h2-3,5,12H,4H2,1H3. The van der Waals surface area contributed by atoms with Gasteiger partial charge in [0.1, 0.15) is 11.5 Å². The highest BCUT2D eigenvalue weighted by atomic mass is 127. The lowest BCUT2D eigenvalue weighted by Gasteiger charge is -2.01. The Kier molecular flexibility index (Phi) is 3.08. The number of rotatable bonds is 2. The van der Waals surface area contributed by atoms with Crippen molar-refractivity contribution in [1.82, 2.24) is 0 Å². The summed E-state index contributed by atoms with van der Waals surface area (Å²) in [6.07, 6.45) is 0.396. The van der Waals surface area contributed by atoms with E-state index < -0.39 is 0 Å². The fourth-order valence-corrected chi connectivity index (χ4v) is 1.49. The second-order valence-electron chi connectivity index (χ2n) is 2.65. The van der Waals surface area contributed by atoms with E-state index >= 15 is 0 Å². The van der Waals surface area contributed by atoms with Crippen LogP contribution in [0.4, 0.5) is 0 Å². The number of hydrogen-bond donors (Lipinski definition) is 1. The van der Waals surface area contributed by atoms with E-state index in [-0.39, 0.29) is 11.5 Å². The van der Waals surface area contributed by atoms with Crippen molar-refractivity contribution in [1.29, 1.82) is 0 Å². The molecule has 0 unspecified atom stereocenters. The quantitative estimate of drug-likeness (QED) is 0.840. The summed E-state index contributed by atoms with van der Waals surface area (Å²) in [5.41, 5.74) is 0.892. The minimum atomic E-state index is 0.110. The van der Waals surface area contributed by atoms with E-state index in [9.17, 15) is 4.79 Å². The van der Waals surface area contributed by atoms with E-state index in [1.54, 1.807) is 25.1 Å². The molecule has 0 spiro atoms. The SMILES string of the molecule is CC(=O)Cc1cc(O)ccc1I. The highest BCUT2D eigenvalue weighted by Gasteiger charge is 2.03. The average molecular weight is 276 g/mol. The maximum atomic E-state index is 10.8. The average Bonchev–Trinajstić information content (AvgIpc) is 1.96. The van der Waals surface area contributed by atoms with Crippen LogP contribution in [-0.4, -0.2) is 10.9 Å². The van der Waals surface area contributed by atoms with Crippen LogP contribution in [0.25, 0.3) is 0 Å². The van der Waals surface area contributed by atoms with Crippen LogP contribution in [0.3, 0.4) is 0 Å². The molecule has 0 amide bonds. The third-order valence-electron chi connectivity index (χ3n) is 1.47. The molecule has 0 heterocycles. The van der Waals surface area contributed by atoms with Gasteiger partial charge in [0.25, 0.3) is 0 Å². The van der Waals surface area contributed by atoms with Crippen molar-refractivity contribution in [3.63, 3.8) is 0 Å². The topological polar surface area (TPSA) is 37.3 Å². The second-order valence-corrected chi connectivity index (χ2v) is 3.82. The van der Waals surface area contributed by atoms with Crippen LogP contribution in [-0.2, 0) is 11.2 Å². The highest BCUT2D eigenvalue weighted by molar-refractivity contribution is 14.1. The summed E-state index contributed by atoms with van der Waals surface area (Å²) >= 11 is 2.15. The Morgan fingerprint density at radius 1 is 1.58 bits per heavy atom. The fraction of sp³-hybridized carbons (Fsp3) is 0.222. The molecule has 0 aromatic heterocycles. The molecule has 0 aliphatic carbocycles. The number of aromatic hydroxyl groups is 1. The van der Waals surface area contributed by atoms with Gasteiger partial charge < -0.3 is 5.11 Å². The van der Waals surface area contributed by atoms with Crippen LogP contribution in [0.1, 0.15) is 12.5 Å². The first-order valence-corrected chi connectivity index (χ1v) is 4.64. The van der Waals surface area contributed by atoms with Gasteiger partial charge in [-0.2, -0.15) is 0 Å². The summed E-state index contributed by atoms with van der Waals surface area (Å²) in [6, 6.07) is 5.04. The normalized spacial score (nSPS) is 9.83. The molecule has 12 heavy (non-hydrogen) atoms. The zero-order valence-electron chi connectivity index (χ0n) is 6.67. The Balaban J connectivity index is 2.97. The number of halogens is 1. The van der Waals surface area contributed by atoms with Gasteiger partial charge in [0.15, 0.2) is 0 Å². The van der Waals surface area contributed by atoms with Gasteiger partial charge in [0.05, 0.1) is 0 Å². The first-order chi connectivity index (χ1) is 5.59. The molecule has 64 valence electrons. The van der Waals surface area contributed by atoms with Crippen molar-refractivity contribution in [3.05, 3.63) is 27.3 Å². The van der Waals surface area contributed by atoms with Crippen LogP contribution >= 0.6 is 22.6 Å². The zero-order valence-corrected chi connectivity index (χ0v) is 8.83. The maximum absolute atomic E-state index is 10.8. The molecular weight excluding hydrogens is 267 g/mol. The summed E-state index contributed by atoms with van der Waals surface area (Å²) in [7, 11) is 0. The minimum Gasteiger partial charge on any atom is -0.508 e. The Hall–Kier alpha value is -0.580. The maximum Gasteiger partial charge on any atom is 0.134 e. The molecule has 2 nitrogen and oxygen atoms in total. The van der Waals surface area contributed by atoms with Crippen molar-refractivity contribution in [3.8, 4) is 5.75 Å². The molecule has 0 saturated heterocycles. The third-order valence-corrected chi connectivity index (χ3v) is 2.52. The molecule has 1 aromatic carbocycles. The van der Waals surface area contributed by atoms with E-state index in [4.69, 9.17) is 5.11 Å². The highest BCUT2D eigenvalue weighted by Crippen LogP contribution is 2.18. The smallest absolute Gasteiger partial charge is 0.134 e. The van der Waals surface area contributed by atoms with Gasteiger partial charge in [-0.05, 0) is 53.3 Å². The van der Waals surface area contributed by atoms with Crippen molar-refractivity contribution in [2.75, 3.05) is 0 Å². The predicted molar refractivity (Wildman–Crippen MR) is 55.2 cm³/mol. The Morgan fingerprint density at radius 3 is 2.83 bits per heavy atom. The molecule has 0 aliphatic rings. The Labute approximate surface area is 84.7 Å². The van der Waals surface area contributed by atoms with Crippen LogP contribution in [0.15, 0.2) is 18.2 Å². The molecular formula is C9H9IO2. The van der Waals surface area contributed by atoms with Gasteiger partial charge in [0.2, 0.25) is 0 Å². The van der Waals surface area contributed by atoms with Crippen LogP contribution < -0.4 is 0 Å². The number of hydrogen-bond acceptors (Lipinski definition) is 2. The Morgan fingerprint density at radius 2 is 2.25 bits per heavy atom. The molecule has 0 saturated carbocycles. The molecule has 0 radical (unpaired) electrons. The summed E-state index contributed by atoms with van der Waals surface area (Å²) in [5, 5.41) is 9.14. The first kappa shape index (κ1) is 9.51. The first-order valence-electron chi connectivity index (χ1n) is 3.56. The van der Waals surface area contributed by atoms with Crippen molar-refractivity contribution < 1.29 is 9.90 Å². The second kappa shape index (κ2) is 3.89. The van der Waals surface area contributed by atoms with Gasteiger partial charge in [-0.25, -0.2) is 0 Å². The summed E-state index contributed by atoms with van der Waals surface area (Å²) in [6.45, 7) is 1.54. The van der Waals surface area contributed by atoms with E-state index in [0.717, 1.165) is 9.13 Å². The van der Waals surface area contributed by atoms with Crippen molar-refractivity contribution in [2.45, 2.75) is 13.3 Å². The molecule has 1 aromatic rings. The number of ketones is 1. The molecule has 1 N–H and O–H groups in total. The minimum absolute atomic E-state index is 0.110. The molecule has 0 atom stereocenters. The number of carbonyl (C=O) groups excluding carboxylic acids is 1. The lowest BCUT2D eigenvalue weighted by molar-refractivity contribution is -0.116. The number of phenolic OH excluding ortho intramolecular Hbond substituents is 1. The summed E-state index contributed by atoms with van der Waals surface area (Å²) in [4.78, 5) is 10.8. The summed E-state index contributed by atoms with van der Waals surface area (Å²) < 4.78 is 1.01. The number of phenols is 1. The van der Waals surface area contributed by atoms with E-state index in [2.05, 4.69) is 22.6 Å². The largest absolute Gasteiger partial charge is 0.508 e. The lowest BCUT2D eigenvalue weighted by Crippen LogP contribution is -1.98. The molecule has 0 aliphatic heterocycles. The Bertz CT molecular complexity index is 307. The van der Waals surface area contributed by atoms with Crippen LogP contribution in [0.5, 0.6) is 5.75 Å². The van der Waals surface area contributed by atoms with E-state index in [1.165, 1.54) is 0 Å². The van der Waals surface area contributed by atoms with E-state index in [0.29, 0.717) is 6.42 Å². The van der Waals surface area contributed by atoms with Crippen molar-refractivity contribution in [2.24, 2.45) is 0 Å². The number of benzene rings is 1. The van der Waals surface area contributed by atoms with Crippen LogP contribution in [0.2, 0.25) is 0 Å². The lowest BCUT2D eigenvalue weighted by atomic mass is 10.1. The molecule has 1 rings (SSSR count). The zero-order chi connectivity index (χ0) is 9.14. The van der Waals surface area contributed by atoms with Gasteiger partial charge in [-0.1, -0.05) is 0 Å². The molecule has 0 fully saturated rings. The van der Waals surface area contributed by atoms with Gasteiger partial charge >= 0.3 is 0 Å². The van der Waals surface area contributed by atoms with Gasteiger partial charge in [-0.3, -0.25) is 4.79 Å². The molecule has 0 bridgehead atoms. The predicted octanol–water partition coefficient (Wildman–Crippen LogP) is 2.13. The molecule has 3 heteroatoms. The monoisotopic (exact) mass is 276 g/mol. The number of Topliss-reactive ketones (excluding diaryl/α,β-unsaturated/α-hetero) is 1. The van der Waals surface area contributed by atoms with Crippen molar-refractivity contribution >= 4 is 28.4 Å². The summed E-state index contributed by atoms with van der Waals surface area (Å²) in [5.74, 6) is 0.324. The van der Waals surface area contributed by atoms with Gasteiger partial charge in [-0.15, -0.1) is 0 Å². The fourth-order valence-electron chi connectivity index (χ4n) is 0.965. The van der Waals surface area contributed by atoms with Crippen LogP contribution in [0, 0.1) is 3.57 Å². The van der Waals surface area contributed by atoms with Gasteiger partial charge in [0, 0.05) is 9.99 Å².